The summed E-state index contributed by atoms with van der Waals surface area (Å²) in [6, 6.07) is 8.24. The molecule has 0 saturated heterocycles. The lowest BCUT2D eigenvalue weighted by atomic mass is 10.1. The Kier molecular flexibility index (Phi) is 4.94. The summed E-state index contributed by atoms with van der Waals surface area (Å²) in [4.78, 5) is 16.0. The van der Waals surface area contributed by atoms with Crippen LogP contribution >= 0.6 is 23.2 Å². The molecule has 1 atom stereocenters. The number of benzene rings is 1. The first-order valence-corrected chi connectivity index (χ1v) is 7.75. The molecule has 0 amide bonds. The zero-order valence-corrected chi connectivity index (χ0v) is 13.8. The molecule has 0 bridgehead atoms. The molecule has 124 valence electrons. The van der Waals surface area contributed by atoms with Crippen molar-refractivity contribution in [3.63, 3.8) is 0 Å². The molecule has 0 fully saturated rings. The van der Waals surface area contributed by atoms with E-state index in [4.69, 9.17) is 27.7 Å². The maximum Gasteiger partial charge on any atom is 0.285 e. The number of aliphatic hydroxyl groups is 1. The highest BCUT2D eigenvalue weighted by molar-refractivity contribution is 6.30. The molecule has 0 spiro atoms. The molecule has 9 heteroatoms. The Balaban J connectivity index is 1.70. The molecule has 1 aromatic carbocycles. The Morgan fingerprint density at radius 1 is 1.21 bits per heavy atom. The molecular weight excluding hydrogens is 355 g/mol. The van der Waals surface area contributed by atoms with Gasteiger partial charge in [-0.25, -0.2) is 4.68 Å². The average molecular weight is 367 g/mol. The lowest BCUT2D eigenvalue weighted by molar-refractivity contribution is 0.174. The van der Waals surface area contributed by atoms with Gasteiger partial charge in [0.15, 0.2) is 5.82 Å². The lowest BCUT2D eigenvalue weighted by Gasteiger charge is -2.08. The van der Waals surface area contributed by atoms with Gasteiger partial charge in [0.2, 0.25) is 5.89 Å². The Morgan fingerprint density at radius 3 is 2.71 bits per heavy atom. The van der Waals surface area contributed by atoms with E-state index in [-0.39, 0.29) is 23.9 Å². The van der Waals surface area contributed by atoms with Gasteiger partial charge in [-0.15, -0.1) is 0 Å². The van der Waals surface area contributed by atoms with Crippen molar-refractivity contribution in [1.29, 1.82) is 0 Å². The van der Waals surface area contributed by atoms with Crippen molar-refractivity contribution < 1.29 is 9.63 Å². The van der Waals surface area contributed by atoms with E-state index in [9.17, 15) is 9.90 Å². The van der Waals surface area contributed by atoms with Crippen LogP contribution in [0.2, 0.25) is 10.0 Å². The minimum absolute atomic E-state index is 0.00341. The summed E-state index contributed by atoms with van der Waals surface area (Å²) >= 11 is 11.6. The van der Waals surface area contributed by atoms with Gasteiger partial charge in [0.05, 0.1) is 6.10 Å². The van der Waals surface area contributed by atoms with Crippen LogP contribution in [-0.2, 0) is 13.0 Å². The van der Waals surface area contributed by atoms with E-state index in [0.717, 1.165) is 4.68 Å². The average Bonchev–Trinajstić information content (AvgIpc) is 2.99. The minimum atomic E-state index is -0.792. The predicted molar refractivity (Wildman–Crippen MR) is 87.0 cm³/mol. The molecule has 0 aliphatic rings. The molecule has 0 unspecified atom stereocenters. The van der Waals surface area contributed by atoms with Crippen LogP contribution in [-0.4, -0.2) is 25.0 Å². The van der Waals surface area contributed by atoms with Gasteiger partial charge in [-0.2, -0.15) is 10.1 Å². The van der Waals surface area contributed by atoms with Crippen LogP contribution in [0.3, 0.4) is 0 Å². The Hall–Kier alpha value is -2.22. The molecule has 1 N–H and O–H groups in total. The highest BCUT2D eigenvalue weighted by atomic mass is 35.5. The fraction of sp³-hybridized carbons (Fsp3) is 0.200. The normalized spacial score (nSPS) is 12.3. The standard InChI is InChI=1S/C15H12Cl2N4O3/c16-10-3-1-9(2-4-10)12(22)7-13-19-14(24-20-13)8-21-15(23)11(17)5-6-18-21/h1-6,12,22H,7-8H2/t12-/m1/s1. The van der Waals surface area contributed by atoms with E-state index in [1.807, 2.05) is 0 Å². The van der Waals surface area contributed by atoms with E-state index >= 15 is 0 Å². The first-order valence-electron chi connectivity index (χ1n) is 6.99. The van der Waals surface area contributed by atoms with Gasteiger partial charge in [-0.05, 0) is 23.8 Å². The van der Waals surface area contributed by atoms with Gasteiger partial charge in [0.25, 0.3) is 5.56 Å². The van der Waals surface area contributed by atoms with Crippen LogP contribution in [0.15, 0.2) is 45.8 Å². The third-order valence-corrected chi connectivity index (χ3v) is 3.83. The van der Waals surface area contributed by atoms with Crippen LogP contribution in [0.25, 0.3) is 0 Å². The summed E-state index contributed by atoms with van der Waals surface area (Å²) < 4.78 is 6.20. The van der Waals surface area contributed by atoms with Crippen LogP contribution in [0.4, 0.5) is 0 Å². The molecule has 2 heterocycles. The first-order chi connectivity index (χ1) is 11.5. The number of hydrogen-bond donors (Lipinski definition) is 1. The van der Waals surface area contributed by atoms with Crippen molar-refractivity contribution >= 4 is 23.2 Å². The minimum Gasteiger partial charge on any atom is -0.388 e. The largest absolute Gasteiger partial charge is 0.388 e. The van der Waals surface area contributed by atoms with Crippen molar-refractivity contribution in [1.82, 2.24) is 19.9 Å². The molecule has 3 aromatic rings. The second kappa shape index (κ2) is 7.12. The first kappa shape index (κ1) is 16.6. The maximum absolute atomic E-state index is 11.8. The van der Waals surface area contributed by atoms with Crippen LogP contribution in [0, 0.1) is 0 Å². The van der Waals surface area contributed by atoms with Crippen LogP contribution < -0.4 is 5.56 Å². The number of rotatable bonds is 5. The zero-order valence-electron chi connectivity index (χ0n) is 12.3. The molecule has 24 heavy (non-hydrogen) atoms. The highest BCUT2D eigenvalue weighted by Gasteiger charge is 2.15. The summed E-state index contributed by atoms with van der Waals surface area (Å²) in [5.74, 6) is 0.521. The van der Waals surface area contributed by atoms with Gasteiger partial charge in [-0.1, -0.05) is 40.5 Å². The van der Waals surface area contributed by atoms with Crippen LogP contribution in [0.5, 0.6) is 0 Å². The van der Waals surface area contributed by atoms with Gasteiger partial charge in [0, 0.05) is 17.6 Å². The second-order valence-corrected chi connectivity index (χ2v) is 5.86. The summed E-state index contributed by atoms with van der Waals surface area (Å²) in [5.41, 5.74) is 0.249. The summed E-state index contributed by atoms with van der Waals surface area (Å²) in [7, 11) is 0. The fourth-order valence-corrected chi connectivity index (χ4v) is 2.36. The molecule has 0 radical (unpaired) electrons. The number of aromatic nitrogens is 4. The van der Waals surface area contributed by atoms with Crippen LogP contribution in [0.1, 0.15) is 23.4 Å². The molecule has 2 aromatic heterocycles. The smallest absolute Gasteiger partial charge is 0.285 e. The molecular formula is C15H12Cl2N4O3. The zero-order chi connectivity index (χ0) is 17.1. The van der Waals surface area contributed by atoms with E-state index in [2.05, 4.69) is 15.2 Å². The van der Waals surface area contributed by atoms with E-state index in [1.54, 1.807) is 24.3 Å². The number of halogens is 2. The quantitative estimate of drug-likeness (QED) is 0.744. The summed E-state index contributed by atoms with van der Waals surface area (Å²) in [6.45, 7) is 0.00341. The van der Waals surface area contributed by atoms with Crippen molar-refractivity contribution in [2.45, 2.75) is 19.1 Å². The summed E-state index contributed by atoms with van der Waals surface area (Å²) in [5, 5.41) is 18.5. The topological polar surface area (TPSA) is 94.0 Å². The fourth-order valence-electron chi connectivity index (χ4n) is 2.08. The van der Waals surface area contributed by atoms with Gasteiger partial charge in [0.1, 0.15) is 11.6 Å². The number of nitrogens with zero attached hydrogens (tertiary/aromatic N) is 4. The van der Waals surface area contributed by atoms with E-state index in [0.29, 0.717) is 16.4 Å². The third-order valence-electron chi connectivity index (χ3n) is 3.29. The maximum atomic E-state index is 11.8. The highest BCUT2D eigenvalue weighted by Crippen LogP contribution is 2.19. The molecule has 7 nitrogen and oxygen atoms in total. The molecule has 0 aliphatic heterocycles. The van der Waals surface area contributed by atoms with Crippen molar-refractivity contribution in [3.05, 3.63) is 74.2 Å². The third kappa shape index (κ3) is 3.81. The van der Waals surface area contributed by atoms with E-state index < -0.39 is 11.7 Å². The number of aliphatic hydroxyl groups excluding tert-OH is 1. The molecule has 0 aliphatic carbocycles. The van der Waals surface area contributed by atoms with Crippen molar-refractivity contribution in [2.24, 2.45) is 0 Å². The predicted octanol–water partition coefficient (Wildman–Crippen LogP) is 2.26. The van der Waals surface area contributed by atoms with E-state index in [1.165, 1.54) is 12.3 Å². The van der Waals surface area contributed by atoms with Gasteiger partial charge < -0.3 is 9.63 Å². The van der Waals surface area contributed by atoms with Crippen molar-refractivity contribution in [2.75, 3.05) is 0 Å². The SMILES string of the molecule is O=c1c(Cl)ccnn1Cc1nc(C[C@@H](O)c2ccc(Cl)cc2)no1. The second-order valence-electron chi connectivity index (χ2n) is 5.02. The Bertz CT molecular complexity index is 892. The summed E-state index contributed by atoms with van der Waals surface area (Å²) in [6.07, 6.45) is 0.786. The Morgan fingerprint density at radius 2 is 1.96 bits per heavy atom. The van der Waals surface area contributed by atoms with Gasteiger partial charge in [-0.3, -0.25) is 4.79 Å². The Labute approximate surface area is 146 Å². The molecule has 0 saturated carbocycles. The monoisotopic (exact) mass is 366 g/mol. The lowest BCUT2D eigenvalue weighted by Crippen LogP contribution is -2.23. The van der Waals surface area contributed by atoms with Gasteiger partial charge >= 0.3 is 0 Å². The molecule has 3 rings (SSSR count). The van der Waals surface area contributed by atoms with Crippen molar-refractivity contribution in [3.8, 4) is 0 Å². The number of hydrogen-bond acceptors (Lipinski definition) is 6.